The second-order valence-electron chi connectivity index (χ2n) is 27.5. The fraction of sp³-hybridized carbons (Fsp3) is 0.944. The summed E-state index contributed by atoms with van der Waals surface area (Å²) in [5.74, 6) is 0.839. The van der Waals surface area contributed by atoms with Gasteiger partial charge in [0.25, 0.3) is 0 Å². The van der Waals surface area contributed by atoms with E-state index < -0.39 is 97.5 Å². The van der Waals surface area contributed by atoms with Crippen molar-refractivity contribution in [2.24, 2.45) is 23.7 Å². The van der Waals surface area contributed by atoms with E-state index in [1.54, 1.807) is 0 Å². The normalized spacial score (nSPS) is 14.3. The Morgan fingerprint density at radius 2 is 0.467 bits per heavy atom. The maximum absolute atomic E-state index is 13.0. The van der Waals surface area contributed by atoms with Crippen molar-refractivity contribution >= 4 is 39.5 Å². The number of hydrogen-bond acceptors (Lipinski definition) is 15. The Morgan fingerprint density at radius 3 is 0.689 bits per heavy atom. The van der Waals surface area contributed by atoms with E-state index in [1.807, 2.05) is 0 Å². The molecule has 0 bridgehead atoms. The van der Waals surface area contributed by atoms with E-state index in [4.69, 9.17) is 37.0 Å². The molecule has 19 heteroatoms. The van der Waals surface area contributed by atoms with Gasteiger partial charge in [0.15, 0.2) is 12.2 Å². The van der Waals surface area contributed by atoms with Crippen LogP contribution >= 0.6 is 15.6 Å². The molecule has 0 aromatic rings. The Morgan fingerprint density at radius 1 is 0.278 bits per heavy atom. The number of hydrogen-bond donors (Lipinski definition) is 3. The molecule has 0 aliphatic rings. The summed E-state index contributed by atoms with van der Waals surface area (Å²) in [6.07, 6.45) is 43.2. The Bertz CT molecular complexity index is 1780. The predicted molar refractivity (Wildman–Crippen MR) is 363 cm³/mol. The lowest BCUT2D eigenvalue weighted by molar-refractivity contribution is -0.161. The van der Waals surface area contributed by atoms with Crippen molar-refractivity contribution in [2.75, 3.05) is 39.6 Å². The predicted octanol–water partition coefficient (Wildman–Crippen LogP) is 20.1. The standard InChI is InChI=1S/C71H138O17P2/c1-61(2)47-39-31-23-16-12-9-10-14-18-27-35-43-51-68(73)81-57-66(87-70(75)53-45-37-29-19-15-11-13-17-24-32-40-48-62(3)4)59-85-89(77,78)83-55-65(72)56-84-90(79,80)86-60-67(88-71(76)54-46-38-30-22-26-34-42-50-64(7)8)58-82-69(74)52-44-36-28-21-20-25-33-41-49-63(5)6/h61-67,72H,9-60H2,1-8H3,(H,77,78)(H,79,80)/t65?,66-,67-/m1/s1. The lowest BCUT2D eigenvalue weighted by Crippen LogP contribution is -2.30. The fourth-order valence-corrected chi connectivity index (χ4v) is 12.2. The molecule has 0 saturated carbocycles. The monoisotopic (exact) mass is 1320 g/mol. The number of carbonyl (C=O) groups excluding carboxylic acids is 4. The van der Waals surface area contributed by atoms with Crippen molar-refractivity contribution in [1.82, 2.24) is 0 Å². The van der Waals surface area contributed by atoms with E-state index in [-0.39, 0.29) is 25.7 Å². The van der Waals surface area contributed by atoms with Crippen LogP contribution in [-0.2, 0) is 65.4 Å². The van der Waals surface area contributed by atoms with Gasteiger partial charge >= 0.3 is 39.5 Å². The van der Waals surface area contributed by atoms with Crippen LogP contribution < -0.4 is 0 Å². The number of aliphatic hydroxyl groups excluding tert-OH is 1. The van der Waals surface area contributed by atoms with Crippen LogP contribution in [0.2, 0.25) is 0 Å². The third-order valence-electron chi connectivity index (χ3n) is 16.3. The first-order chi connectivity index (χ1) is 43.1. The Labute approximate surface area is 549 Å². The molecule has 0 aromatic carbocycles. The third kappa shape index (κ3) is 64.8. The van der Waals surface area contributed by atoms with Crippen LogP contribution in [0.5, 0.6) is 0 Å². The van der Waals surface area contributed by atoms with Gasteiger partial charge in [-0.2, -0.15) is 0 Å². The van der Waals surface area contributed by atoms with E-state index in [9.17, 15) is 43.2 Å². The highest BCUT2D eigenvalue weighted by atomic mass is 31.2. The van der Waals surface area contributed by atoms with Crippen molar-refractivity contribution in [1.29, 1.82) is 0 Å². The third-order valence-corrected chi connectivity index (χ3v) is 18.2. The quantitative estimate of drug-likeness (QED) is 0.0222. The molecule has 0 spiro atoms. The lowest BCUT2D eigenvalue weighted by Gasteiger charge is -2.21. The fourth-order valence-electron chi connectivity index (χ4n) is 10.7. The Balaban J connectivity index is 5.25. The molecule has 0 aromatic heterocycles. The summed E-state index contributed by atoms with van der Waals surface area (Å²) in [7, 11) is -9.90. The van der Waals surface area contributed by atoms with Crippen molar-refractivity contribution < 1.29 is 80.2 Å². The van der Waals surface area contributed by atoms with Gasteiger partial charge in [-0.3, -0.25) is 37.3 Å². The average molecular weight is 1330 g/mol. The molecular formula is C71H138O17P2. The summed E-state index contributed by atoms with van der Waals surface area (Å²) >= 11 is 0. The zero-order valence-corrected chi connectivity index (χ0v) is 60.6. The van der Waals surface area contributed by atoms with Crippen molar-refractivity contribution in [3.05, 3.63) is 0 Å². The van der Waals surface area contributed by atoms with Gasteiger partial charge in [0, 0.05) is 25.7 Å². The molecule has 0 heterocycles. The average Bonchev–Trinajstić information content (AvgIpc) is 3.17. The SMILES string of the molecule is CC(C)CCCCCCCCCCCCCCC(=O)OC[C@H](COP(=O)(O)OCC(O)COP(=O)(O)OC[C@@H](COC(=O)CCCCCCCCCCC(C)C)OC(=O)CCCCCCCCCC(C)C)OC(=O)CCCCCCCCCCCCCC(C)C. The Hall–Kier alpha value is -1.94. The molecule has 5 atom stereocenters. The summed E-state index contributed by atoms with van der Waals surface area (Å²) in [4.78, 5) is 72.6. The lowest BCUT2D eigenvalue weighted by atomic mass is 10.0. The van der Waals surface area contributed by atoms with Gasteiger partial charge in [-0.1, -0.05) is 299 Å². The molecule has 0 amide bonds. The van der Waals surface area contributed by atoms with E-state index in [2.05, 4.69) is 55.4 Å². The van der Waals surface area contributed by atoms with E-state index in [1.165, 1.54) is 154 Å². The van der Waals surface area contributed by atoms with Crippen LogP contribution in [-0.4, -0.2) is 96.7 Å². The first-order valence-corrected chi connectivity index (χ1v) is 39.7. The van der Waals surface area contributed by atoms with Gasteiger partial charge < -0.3 is 33.8 Å². The summed E-state index contributed by atoms with van der Waals surface area (Å²) in [5.41, 5.74) is 0. The Kier molecular flexibility index (Phi) is 59.4. The molecule has 534 valence electrons. The minimum Gasteiger partial charge on any atom is -0.462 e. The molecule has 90 heavy (non-hydrogen) atoms. The van der Waals surface area contributed by atoms with Gasteiger partial charge in [0.1, 0.15) is 19.3 Å². The van der Waals surface area contributed by atoms with Crippen LogP contribution in [0.4, 0.5) is 0 Å². The minimum atomic E-state index is -4.95. The summed E-state index contributed by atoms with van der Waals surface area (Å²) in [6, 6.07) is 0. The van der Waals surface area contributed by atoms with Crippen LogP contribution in [0.25, 0.3) is 0 Å². The second kappa shape index (κ2) is 60.7. The smallest absolute Gasteiger partial charge is 0.462 e. The summed E-state index contributed by atoms with van der Waals surface area (Å²) in [5, 5.41) is 10.6. The molecule has 0 rings (SSSR count). The maximum atomic E-state index is 13.0. The molecule has 3 N–H and O–H groups in total. The summed E-state index contributed by atoms with van der Waals surface area (Å²) in [6.45, 7) is 14.1. The molecule has 17 nitrogen and oxygen atoms in total. The molecule has 0 saturated heterocycles. The highest BCUT2D eigenvalue weighted by Crippen LogP contribution is 2.45. The van der Waals surface area contributed by atoms with Crippen LogP contribution in [0.1, 0.15) is 351 Å². The molecule has 0 radical (unpaired) electrons. The zero-order valence-electron chi connectivity index (χ0n) is 58.8. The van der Waals surface area contributed by atoms with Gasteiger partial charge in [0.2, 0.25) is 0 Å². The van der Waals surface area contributed by atoms with E-state index >= 15 is 0 Å². The van der Waals surface area contributed by atoms with Gasteiger partial charge in [-0.15, -0.1) is 0 Å². The molecular weight excluding hydrogens is 1190 g/mol. The van der Waals surface area contributed by atoms with E-state index in [0.717, 1.165) is 108 Å². The van der Waals surface area contributed by atoms with Crippen molar-refractivity contribution in [3.63, 3.8) is 0 Å². The second-order valence-corrected chi connectivity index (χ2v) is 30.4. The number of phosphoric acid groups is 2. The topological polar surface area (TPSA) is 237 Å². The number of carbonyl (C=O) groups is 4. The van der Waals surface area contributed by atoms with Crippen LogP contribution in [0.15, 0.2) is 0 Å². The maximum Gasteiger partial charge on any atom is 0.472 e. The molecule has 0 fully saturated rings. The highest BCUT2D eigenvalue weighted by molar-refractivity contribution is 7.47. The largest absolute Gasteiger partial charge is 0.472 e. The summed E-state index contributed by atoms with van der Waals surface area (Å²) < 4.78 is 68.3. The number of unbranched alkanes of at least 4 members (excludes halogenated alkanes) is 34. The van der Waals surface area contributed by atoms with Crippen LogP contribution in [0.3, 0.4) is 0 Å². The minimum absolute atomic E-state index is 0.102. The first kappa shape index (κ1) is 88.1. The van der Waals surface area contributed by atoms with Gasteiger partial charge in [-0.25, -0.2) is 9.13 Å². The van der Waals surface area contributed by atoms with Crippen molar-refractivity contribution in [3.8, 4) is 0 Å². The number of esters is 4. The molecule has 3 unspecified atom stereocenters. The zero-order chi connectivity index (χ0) is 66.8. The highest BCUT2D eigenvalue weighted by Gasteiger charge is 2.30. The number of ether oxygens (including phenoxy) is 4. The molecule has 0 aliphatic heterocycles. The van der Waals surface area contributed by atoms with Crippen LogP contribution in [0, 0.1) is 23.7 Å². The van der Waals surface area contributed by atoms with Gasteiger partial charge in [-0.05, 0) is 49.4 Å². The molecule has 0 aliphatic carbocycles. The van der Waals surface area contributed by atoms with Gasteiger partial charge in [0.05, 0.1) is 26.4 Å². The number of aliphatic hydroxyl groups is 1. The number of phosphoric ester groups is 2. The van der Waals surface area contributed by atoms with E-state index in [0.29, 0.717) is 31.6 Å². The first-order valence-electron chi connectivity index (χ1n) is 36.7. The van der Waals surface area contributed by atoms with Crippen molar-refractivity contribution in [2.45, 2.75) is 369 Å². The number of rotatable bonds is 68.